The van der Waals surface area contributed by atoms with Crippen LogP contribution in [0.4, 0.5) is 5.82 Å². The van der Waals surface area contributed by atoms with Crippen LogP contribution in [0.2, 0.25) is 0 Å². The van der Waals surface area contributed by atoms with Crippen molar-refractivity contribution < 1.29 is 0 Å². The third-order valence-electron chi connectivity index (χ3n) is 6.04. The Morgan fingerprint density at radius 3 is 2.65 bits per heavy atom. The third kappa shape index (κ3) is 3.52. The summed E-state index contributed by atoms with van der Waals surface area (Å²) < 4.78 is 1.53. The van der Waals surface area contributed by atoms with Crippen LogP contribution >= 0.6 is 0 Å². The molecule has 4 rings (SSSR count). The van der Waals surface area contributed by atoms with Crippen molar-refractivity contribution in [2.24, 2.45) is 11.1 Å². The number of rotatable bonds is 4. The molecule has 2 aliphatic rings. The molecule has 1 spiro atoms. The number of hydrogen-bond acceptors (Lipinski definition) is 5. The number of hydrogen-bond donors (Lipinski definition) is 2. The molecule has 0 unspecified atom stereocenters. The van der Waals surface area contributed by atoms with Gasteiger partial charge in [0.15, 0.2) is 0 Å². The van der Waals surface area contributed by atoms with Gasteiger partial charge in [-0.25, -0.2) is 4.79 Å². The Kier molecular flexibility index (Phi) is 4.54. The van der Waals surface area contributed by atoms with E-state index in [2.05, 4.69) is 22.0 Å². The first kappa shape index (κ1) is 17.2. The zero-order valence-electron chi connectivity index (χ0n) is 15.1. The predicted octanol–water partition coefficient (Wildman–Crippen LogP) is 1.56. The minimum absolute atomic E-state index is 0.248. The van der Waals surface area contributed by atoms with E-state index in [-0.39, 0.29) is 11.5 Å². The smallest absolute Gasteiger partial charge is 0.354 e. The Hall–Kier alpha value is -2.18. The van der Waals surface area contributed by atoms with Gasteiger partial charge in [-0.1, -0.05) is 12.1 Å². The molecule has 1 saturated heterocycles. The van der Waals surface area contributed by atoms with E-state index in [1.165, 1.54) is 48.9 Å². The van der Waals surface area contributed by atoms with Crippen LogP contribution in [0.25, 0.3) is 5.69 Å². The van der Waals surface area contributed by atoms with Gasteiger partial charge in [-0.05, 0) is 74.4 Å². The largest absolute Gasteiger partial charge is 0.383 e. The van der Waals surface area contributed by atoms with Gasteiger partial charge < -0.3 is 16.4 Å². The Balaban J connectivity index is 1.37. The maximum Gasteiger partial charge on any atom is 0.354 e. The number of piperidine rings is 1. The fraction of sp³-hybridized carbons (Fsp3) is 0.500. The SMILES string of the molecule is Nc1ccn(-c2cccc(CCN3CCC4(CC3)CC(N)C4)c2)c(=O)n1. The maximum absolute atomic E-state index is 12.0. The summed E-state index contributed by atoms with van der Waals surface area (Å²) in [5.74, 6) is 0.248. The molecule has 6 heteroatoms. The minimum atomic E-state index is -0.345. The van der Waals surface area contributed by atoms with Gasteiger partial charge in [0, 0.05) is 18.8 Å². The van der Waals surface area contributed by atoms with E-state index in [0.717, 1.165) is 18.7 Å². The Bertz CT molecular complexity index is 830. The summed E-state index contributed by atoms with van der Waals surface area (Å²) in [4.78, 5) is 18.4. The molecule has 1 aliphatic heterocycles. The van der Waals surface area contributed by atoms with E-state index in [1.54, 1.807) is 12.3 Å². The Labute approximate surface area is 153 Å². The lowest BCUT2D eigenvalue weighted by Crippen LogP contribution is -2.52. The number of benzene rings is 1. The van der Waals surface area contributed by atoms with Crippen molar-refractivity contribution in [3.8, 4) is 5.69 Å². The highest BCUT2D eigenvalue weighted by atomic mass is 16.1. The van der Waals surface area contributed by atoms with Crippen molar-refractivity contribution in [3.05, 3.63) is 52.6 Å². The van der Waals surface area contributed by atoms with Gasteiger partial charge >= 0.3 is 5.69 Å². The number of aromatic nitrogens is 2. The molecule has 2 aromatic rings. The standard InChI is InChI=1S/C20H27N5O/c21-16-13-20(14-16)6-10-24(11-7-20)8-4-15-2-1-3-17(12-15)25-9-5-18(22)23-19(25)26/h1-3,5,9,12,16H,4,6-8,10-11,13-14,21H2,(H2,22,23,26). The fourth-order valence-electron chi connectivity index (χ4n) is 4.47. The molecule has 0 amide bonds. The van der Waals surface area contributed by atoms with E-state index < -0.39 is 0 Å². The van der Waals surface area contributed by atoms with Gasteiger partial charge in [-0.3, -0.25) is 4.57 Å². The summed E-state index contributed by atoms with van der Waals surface area (Å²) in [6.45, 7) is 3.40. The predicted molar refractivity (Wildman–Crippen MR) is 103 cm³/mol. The average molecular weight is 353 g/mol. The number of likely N-dealkylation sites (tertiary alicyclic amines) is 1. The number of nitrogens with two attached hydrogens (primary N) is 2. The van der Waals surface area contributed by atoms with E-state index in [1.807, 2.05) is 12.1 Å². The first-order valence-electron chi connectivity index (χ1n) is 9.46. The summed E-state index contributed by atoms with van der Waals surface area (Å²) in [6, 6.07) is 10.2. The van der Waals surface area contributed by atoms with E-state index >= 15 is 0 Å². The van der Waals surface area contributed by atoms with Crippen LogP contribution in [0.3, 0.4) is 0 Å². The molecule has 2 fully saturated rings. The first-order valence-corrected chi connectivity index (χ1v) is 9.46. The molecule has 1 aliphatic carbocycles. The summed E-state index contributed by atoms with van der Waals surface area (Å²) in [6.07, 6.45) is 7.66. The lowest BCUT2D eigenvalue weighted by Gasteiger charge is -2.51. The second-order valence-electron chi connectivity index (χ2n) is 7.93. The van der Waals surface area contributed by atoms with Crippen LogP contribution in [-0.4, -0.2) is 40.1 Å². The number of anilines is 1. The van der Waals surface area contributed by atoms with Crippen LogP contribution in [0, 0.1) is 5.41 Å². The van der Waals surface area contributed by atoms with Gasteiger partial charge in [0.2, 0.25) is 0 Å². The molecule has 0 bridgehead atoms. The lowest BCUT2D eigenvalue weighted by molar-refractivity contribution is 0.0185. The monoisotopic (exact) mass is 353 g/mol. The highest BCUT2D eigenvalue weighted by Gasteiger charge is 2.43. The molecule has 2 heterocycles. The minimum Gasteiger partial charge on any atom is -0.383 e. The van der Waals surface area contributed by atoms with Crippen LogP contribution in [0.5, 0.6) is 0 Å². The average Bonchev–Trinajstić information content (AvgIpc) is 2.60. The second-order valence-corrected chi connectivity index (χ2v) is 7.93. The van der Waals surface area contributed by atoms with Crippen molar-refractivity contribution >= 4 is 5.82 Å². The van der Waals surface area contributed by atoms with Crippen LogP contribution in [0.1, 0.15) is 31.2 Å². The van der Waals surface area contributed by atoms with Crippen LogP contribution in [-0.2, 0) is 6.42 Å². The molecule has 4 N–H and O–H groups in total. The summed E-state index contributed by atoms with van der Waals surface area (Å²) >= 11 is 0. The van der Waals surface area contributed by atoms with Crippen molar-refractivity contribution in [1.29, 1.82) is 0 Å². The molecule has 1 saturated carbocycles. The van der Waals surface area contributed by atoms with Gasteiger partial charge in [-0.15, -0.1) is 0 Å². The molecule has 0 atom stereocenters. The molecule has 26 heavy (non-hydrogen) atoms. The second kappa shape index (κ2) is 6.85. The normalized spacial score (nSPS) is 20.2. The lowest BCUT2D eigenvalue weighted by atomic mass is 9.61. The zero-order chi connectivity index (χ0) is 18.1. The van der Waals surface area contributed by atoms with E-state index in [9.17, 15) is 4.79 Å². The van der Waals surface area contributed by atoms with Gasteiger partial charge in [0.25, 0.3) is 0 Å². The molecule has 6 nitrogen and oxygen atoms in total. The van der Waals surface area contributed by atoms with Gasteiger partial charge in [-0.2, -0.15) is 4.98 Å². The highest BCUT2D eigenvalue weighted by Crippen LogP contribution is 2.48. The van der Waals surface area contributed by atoms with Gasteiger partial charge in [0.05, 0.1) is 5.69 Å². The quantitative estimate of drug-likeness (QED) is 0.871. The Morgan fingerprint density at radius 2 is 1.96 bits per heavy atom. The molecular weight excluding hydrogens is 326 g/mol. The summed E-state index contributed by atoms with van der Waals surface area (Å²) in [5, 5.41) is 0. The fourth-order valence-corrected chi connectivity index (χ4v) is 4.47. The maximum atomic E-state index is 12.0. The topological polar surface area (TPSA) is 90.2 Å². The summed E-state index contributed by atoms with van der Waals surface area (Å²) in [7, 11) is 0. The van der Waals surface area contributed by atoms with Crippen molar-refractivity contribution in [3.63, 3.8) is 0 Å². The first-order chi connectivity index (χ1) is 12.5. The number of nitrogen functional groups attached to an aromatic ring is 1. The van der Waals surface area contributed by atoms with Crippen molar-refractivity contribution in [2.75, 3.05) is 25.4 Å². The molecule has 1 aromatic heterocycles. The van der Waals surface area contributed by atoms with Crippen molar-refractivity contribution in [1.82, 2.24) is 14.5 Å². The number of nitrogens with zero attached hydrogens (tertiary/aromatic N) is 3. The third-order valence-corrected chi connectivity index (χ3v) is 6.04. The molecule has 1 aromatic carbocycles. The summed E-state index contributed by atoms with van der Waals surface area (Å²) in [5.41, 5.74) is 13.8. The zero-order valence-corrected chi connectivity index (χ0v) is 15.1. The van der Waals surface area contributed by atoms with E-state index in [0.29, 0.717) is 11.5 Å². The van der Waals surface area contributed by atoms with Crippen LogP contribution < -0.4 is 17.2 Å². The van der Waals surface area contributed by atoms with E-state index in [4.69, 9.17) is 11.5 Å². The highest BCUT2D eigenvalue weighted by molar-refractivity contribution is 5.37. The molecule has 0 radical (unpaired) electrons. The van der Waals surface area contributed by atoms with Gasteiger partial charge in [0.1, 0.15) is 5.82 Å². The van der Waals surface area contributed by atoms with Crippen molar-refractivity contribution in [2.45, 2.75) is 38.1 Å². The Morgan fingerprint density at radius 1 is 1.19 bits per heavy atom. The molecular formula is C20H27N5O. The molecule has 138 valence electrons. The van der Waals surface area contributed by atoms with Crippen LogP contribution in [0.15, 0.2) is 41.3 Å².